The Kier molecular flexibility index (Phi) is 5.24. The topological polar surface area (TPSA) is 57.5 Å². The zero-order chi connectivity index (χ0) is 14.7. The predicted molar refractivity (Wildman–Crippen MR) is 63.6 cm³/mol. The smallest absolute Gasteiger partial charge is 0.391 e. The number of halogens is 3. The molecule has 0 spiro atoms. The van der Waals surface area contributed by atoms with Crippen molar-refractivity contribution in [1.29, 1.82) is 0 Å². The minimum absolute atomic E-state index is 0.0855. The molecule has 112 valence electrons. The first kappa shape index (κ1) is 16.3. The highest BCUT2D eigenvalue weighted by molar-refractivity contribution is 5.71. The average molecular weight is 282 g/mol. The van der Waals surface area contributed by atoms with Crippen LogP contribution in [0.25, 0.3) is 0 Å². The maximum absolute atomic E-state index is 12.6. The van der Waals surface area contributed by atoms with E-state index in [0.717, 1.165) is 6.42 Å². The first-order valence-corrected chi connectivity index (χ1v) is 6.72. The maximum Gasteiger partial charge on any atom is 0.391 e. The van der Waals surface area contributed by atoms with Gasteiger partial charge >= 0.3 is 12.1 Å². The number of aliphatic carboxylic acids is 1. The van der Waals surface area contributed by atoms with Gasteiger partial charge in [-0.1, -0.05) is 19.8 Å². The van der Waals surface area contributed by atoms with E-state index in [-0.39, 0.29) is 25.7 Å². The molecule has 0 radical (unpaired) electrons. The molecule has 1 aliphatic rings. The first-order chi connectivity index (χ1) is 8.70. The Balaban J connectivity index is 2.69. The van der Waals surface area contributed by atoms with Crippen LogP contribution in [0.2, 0.25) is 0 Å². The molecule has 2 N–H and O–H groups in total. The summed E-state index contributed by atoms with van der Waals surface area (Å²) in [7, 11) is 0. The van der Waals surface area contributed by atoms with Crippen molar-refractivity contribution >= 4 is 5.97 Å². The van der Waals surface area contributed by atoms with Gasteiger partial charge in [0.25, 0.3) is 0 Å². The lowest BCUT2D eigenvalue weighted by Gasteiger charge is -2.40. The minimum atomic E-state index is -4.25. The predicted octanol–water partition coefficient (Wildman–Crippen LogP) is 3.36. The van der Waals surface area contributed by atoms with Crippen molar-refractivity contribution in [3.05, 3.63) is 0 Å². The highest BCUT2D eigenvalue weighted by Crippen LogP contribution is 2.44. The normalized spacial score (nSPS) is 30.1. The molecule has 0 aromatic rings. The second-order valence-electron chi connectivity index (χ2n) is 5.45. The third-order valence-electron chi connectivity index (χ3n) is 4.11. The molecule has 19 heavy (non-hydrogen) atoms. The summed E-state index contributed by atoms with van der Waals surface area (Å²) in [6.07, 6.45) is -3.02. The Morgan fingerprint density at radius 2 is 1.89 bits per heavy atom. The average Bonchev–Trinajstić information content (AvgIpc) is 2.28. The molecule has 1 unspecified atom stereocenters. The van der Waals surface area contributed by atoms with E-state index in [1.54, 1.807) is 0 Å². The number of carbonyl (C=O) groups is 1. The lowest BCUT2D eigenvalue weighted by atomic mass is 9.70. The molecule has 0 aromatic heterocycles. The Morgan fingerprint density at radius 1 is 1.37 bits per heavy atom. The first-order valence-electron chi connectivity index (χ1n) is 6.72. The van der Waals surface area contributed by atoms with E-state index in [1.807, 2.05) is 6.92 Å². The lowest BCUT2D eigenvalue weighted by molar-refractivity contribution is -0.198. The second-order valence-corrected chi connectivity index (χ2v) is 5.45. The molecule has 0 aliphatic heterocycles. The molecule has 1 rings (SSSR count). The van der Waals surface area contributed by atoms with Crippen molar-refractivity contribution < 1.29 is 28.2 Å². The fourth-order valence-corrected chi connectivity index (χ4v) is 2.82. The van der Waals surface area contributed by atoms with E-state index in [1.165, 1.54) is 0 Å². The van der Waals surface area contributed by atoms with E-state index in [9.17, 15) is 23.1 Å². The molecule has 1 aliphatic carbocycles. The molecule has 1 atom stereocenters. The van der Waals surface area contributed by atoms with Gasteiger partial charge in [0.15, 0.2) is 0 Å². The molecular formula is C13H21F3O3. The monoisotopic (exact) mass is 282 g/mol. The fraction of sp³-hybridized carbons (Fsp3) is 0.923. The van der Waals surface area contributed by atoms with Crippen LogP contribution in [0.4, 0.5) is 13.2 Å². The third kappa shape index (κ3) is 4.09. The van der Waals surface area contributed by atoms with E-state index in [4.69, 9.17) is 5.11 Å². The zero-order valence-electron chi connectivity index (χ0n) is 11.0. The van der Waals surface area contributed by atoms with Crippen LogP contribution in [0.15, 0.2) is 0 Å². The summed E-state index contributed by atoms with van der Waals surface area (Å²) >= 11 is 0. The van der Waals surface area contributed by atoms with Gasteiger partial charge < -0.3 is 10.2 Å². The molecule has 1 fully saturated rings. The van der Waals surface area contributed by atoms with Gasteiger partial charge in [0, 0.05) is 0 Å². The molecule has 0 saturated heterocycles. The van der Waals surface area contributed by atoms with Crippen molar-refractivity contribution in [3.63, 3.8) is 0 Å². The summed E-state index contributed by atoms with van der Waals surface area (Å²) in [5, 5.41) is 19.5. The quantitative estimate of drug-likeness (QED) is 0.813. The van der Waals surface area contributed by atoms with Crippen LogP contribution in [-0.4, -0.2) is 28.0 Å². The molecule has 0 aromatic carbocycles. The van der Waals surface area contributed by atoms with Gasteiger partial charge in [-0.25, -0.2) is 0 Å². The van der Waals surface area contributed by atoms with Crippen LogP contribution in [0.5, 0.6) is 0 Å². The summed E-state index contributed by atoms with van der Waals surface area (Å²) in [5.41, 5.74) is -1.48. The largest absolute Gasteiger partial charge is 0.481 e. The third-order valence-corrected chi connectivity index (χ3v) is 4.11. The van der Waals surface area contributed by atoms with Crippen LogP contribution in [0.3, 0.4) is 0 Å². The van der Waals surface area contributed by atoms with Gasteiger partial charge in [-0.2, -0.15) is 13.2 Å². The van der Waals surface area contributed by atoms with Crippen LogP contribution < -0.4 is 0 Å². The zero-order valence-corrected chi connectivity index (χ0v) is 11.0. The molecule has 1 saturated carbocycles. The number of carboxylic acids is 1. The number of hydrogen-bond donors (Lipinski definition) is 2. The van der Waals surface area contributed by atoms with Crippen molar-refractivity contribution in [1.82, 2.24) is 0 Å². The SMILES string of the molecule is CCCCC(C(=O)O)C1(O)CCC(C(F)(F)F)CC1. The van der Waals surface area contributed by atoms with E-state index in [2.05, 4.69) is 0 Å². The summed E-state index contributed by atoms with van der Waals surface area (Å²) in [6.45, 7) is 1.91. The van der Waals surface area contributed by atoms with Crippen molar-refractivity contribution in [2.75, 3.05) is 0 Å². The van der Waals surface area contributed by atoms with Gasteiger partial charge in [0.05, 0.1) is 17.4 Å². The molecule has 0 heterocycles. The summed E-state index contributed by atoms with van der Waals surface area (Å²) in [6, 6.07) is 0. The van der Waals surface area contributed by atoms with E-state index in [0.29, 0.717) is 12.8 Å². The maximum atomic E-state index is 12.6. The van der Waals surface area contributed by atoms with Crippen LogP contribution >= 0.6 is 0 Å². The number of carboxylic acid groups (broad SMARTS) is 1. The number of aliphatic hydroxyl groups is 1. The number of rotatable bonds is 5. The van der Waals surface area contributed by atoms with Gasteiger partial charge in [-0.05, 0) is 32.1 Å². The van der Waals surface area contributed by atoms with Crippen molar-refractivity contribution in [3.8, 4) is 0 Å². The van der Waals surface area contributed by atoms with Gasteiger partial charge in [0.1, 0.15) is 0 Å². The Labute approximate surface area is 110 Å². The molecular weight excluding hydrogens is 261 g/mol. The van der Waals surface area contributed by atoms with E-state index < -0.39 is 29.6 Å². The Bertz CT molecular complexity index is 307. The number of alkyl halides is 3. The highest BCUT2D eigenvalue weighted by Gasteiger charge is 2.49. The molecule has 6 heteroatoms. The Hall–Kier alpha value is -0.780. The molecule has 3 nitrogen and oxygen atoms in total. The second kappa shape index (κ2) is 6.11. The number of unbranched alkanes of at least 4 members (excludes halogenated alkanes) is 1. The van der Waals surface area contributed by atoms with Crippen LogP contribution in [-0.2, 0) is 4.79 Å². The van der Waals surface area contributed by atoms with Gasteiger partial charge in [0.2, 0.25) is 0 Å². The fourth-order valence-electron chi connectivity index (χ4n) is 2.82. The van der Waals surface area contributed by atoms with E-state index >= 15 is 0 Å². The minimum Gasteiger partial charge on any atom is -0.481 e. The van der Waals surface area contributed by atoms with Crippen LogP contribution in [0, 0.1) is 11.8 Å². The summed E-state index contributed by atoms with van der Waals surface area (Å²) < 4.78 is 37.7. The van der Waals surface area contributed by atoms with Crippen molar-refractivity contribution in [2.45, 2.75) is 63.6 Å². The number of hydrogen-bond acceptors (Lipinski definition) is 2. The van der Waals surface area contributed by atoms with Gasteiger partial charge in [-0.3, -0.25) is 4.79 Å². The Morgan fingerprint density at radius 3 is 2.26 bits per heavy atom. The lowest BCUT2D eigenvalue weighted by Crippen LogP contribution is -2.46. The summed E-state index contributed by atoms with van der Waals surface area (Å²) in [5.74, 6) is -3.48. The standard InChI is InChI=1S/C13H21F3O3/c1-2-3-4-10(11(17)18)12(19)7-5-9(6-8-12)13(14,15)16/h9-10,19H,2-8H2,1H3,(H,17,18). The van der Waals surface area contributed by atoms with Gasteiger partial charge in [-0.15, -0.1) is 0 Å². The highest BCUT2D eigenvalue weighted by atomic mass is 19.4. The van der Waals surface area contributed by atoms with Crippen molar-refractivity contribution in [2.24, 2.45) is 11.8 Å². The molecule has 0 amide bonds. The summed E-state index contributed by atoms with van der Waals surface area (Å²) in [4.78, 5) is 11.2. The van der Waals surface area contributed by atoms with Crippen LogP contribution in [0.1, 0.15) is 51.9 Å². The molecule has 0 bridgehead atoms.